The number of esters is 1. The maximum Gasteiger partial charge on any atom is 0.312 e. The number of carbonyl (C=O) groups excluding carboxylic acids is 1. The average Bonchev–Trinajstić information content (AvgIpc) is 2.89. The second-order valence-electron chi connectivity index (χ2n) is 4.85. The molecule has 0 saturated heterocycles. The van der Waals surface area contributed by atoms with Crippen LogP contribution in [0.3, 0.4) is 0 Å². The Hall–Kier alpha value is -1.35. The van der Waals surface area contributed by atoms with Crippen LogP contribution < -0.4 is 9.46 Å². The zero-order chi connectivity index (χ0) is 17.9. The molecule has 0 unspecified atom stereocenters. The third-order valence-electron chi connectivity index (χ3n) is 2.88. The van der Waals surface area contributed by atoms with Gasteiger partial charge in [0, 0.05) is 11.4 Å². The molecule has 10 heteroatoms. The highest BCUT2D eigenvalue weighted by atomic mass is 35.5. The molecule has 0 spiro atoms. The molecule has 2 rings (SSSR count). The molecule has 1 aromatic heterocycles. The van der Waals surface area contributed by atoms with Gasteiger partial charge in [0.2, 0.25) is 5.06 Å². The maximum absolute atomic E-state index is 12.4. The van der Waals surface area contributed by atoms with Gasteiger partial charge in [-0.05, 0) is 31.0 Å². The molecule has 1 heterocycles. The SMILES string of the molecule is CCCC(=O)Oc1cnc(NS(=O)(=O)c2cc(C)c(Cl)cc2Cl)s1. The molecule has 1 aromatic carbocycles. The lowest BCUT2D eigenvalue weighted by atomic mass is 10.2. The number of nitrogens with zero attached hydrogens (tertiary/aromatic N) is 1. The van der Waals surface area contributed by atoms with E-state index < -0.39 is 16.0 Å². The number of anilines is 1. The van der Waals surface area contributed by atoms with Crippen molar-refractivity contribution in [2.75, 3.05) is 4.72 Å². The van der Waals surface area contributed by atoms with E-state index >= 15 is 0 Å². The number of carbonyl (C=O) groups is 1. The standard InChI is InChI=1S/C14H14Cl2N2O4S2/c1-3-4-12(19)22-13-7-17-14(23-13)18-24(20,21)11-5-8(2)9(15)6-10(11)16/h5-7H,3-4H2,1-2H3,(H,17,18). The van der Waals surface area contributed by atoms with Crippen molar-refractivity contribution in [3.63, 3.8) is 0 Å². The summed E-state index contributed by atoms with van der Waals surface area (Å²) in [6.45, 7) is 3.53. The Balaban J connectivity index is 2.20. The van der Waals surface area contributed by atoms with Crippen molar-refractivity contribution in [1.29, 1.82) is 0 Å². The molecular formula is C14H14Cl2N2O4S2. The highest BCUT2D eigenvalue weighted by molar-refractivity contribution is 7.93. The average molecular weight is 409 g/mol. The number of hydrogen-bond donors (Lipinski definition) is 1. The van der Waals surface area contributed by atoms with Crippen LogP contribution in [0.25, 0.3) is 0 Å². The highest BCUT2D eigenvalue weighted by Crippen LogP contribution is 2.32. The molecule has 0 fully saturated rings. The summed E-state index contributed by atoms with van der Waals surface area (Å²) in [6, 6.07) is 2.75. The largest absolute Gasteiger partial charge is 0.414 e. The third kappa shape index (κ3) is 4.60. The van der Waals surface area contributed by atoms with Crippen LogP contribution >= 0.6 is 34.5 Å². The fourth-order valence-electron chi connectivity index (χ4n) is 1.73. The number of thiazole rings is 1. The topological polar surface area (TPSA) is 85.4 Å². The molecule has 1 N–H and O–H groups in total. The Morgan fingerprint density at radius 2 is 2.04 bits per heavy atom. The number of ether oxygens (including phenoxy) is 1. The minimum absolute atomic E-state index is 0.00394. The van der Waals surface area contributed by atoms with Crippen LogP contribution in [0.4, 0.5) is 5.13 Å². The summed E-state index contributed by atoms with van der Waals surface area (Å²) in [7, 11) is -3.94. The van der Waals surface area contributed by atoms with Crippen molar-refractivity contribution in [2.24, 2.45) is 0 Å². The van der Waals surface area contributed by atoms with Crippen molar-refractivity contribution < 1.29 is 17.9 Å². The predicted molar refractivity (Wildman–Crippen MR) is 94.7 cm³/mol. The van der Waals surface area contributed by atoms with E-state index in [2.05, 4.69) is 9.71 Å². The Morgan fingerprint density at radius 3 is 2.71 bits per heavy atom. The molecule has 0 aliphatic heterocycles. The van der Waals surface area contributed by atoms with Gasteiger partial charge in [0.15, 0.2) is 5.13 Å². The molecule has 0 amide bonds. The molecular weight excluding hydrogens is 395 g/mol. The second-order valence-corrected chi connectivity index (χ2v) is 8.30. The van der Waals surface area contributed by atoms with Gasteiger partial charge in [-0.1, -0.05) is 41.5 Å². The molecule has 0 saturated carbocycles. The lowest BCUT2D eigenvalue weighted by Gasteiger charge is -2.09. The van der Waals surface area contributed by atoms with Crippen LogP contribution in [0.15, 0.2) is 23.2 Å². The number of nitrogens with one attached hydrogen (secondary N) is 1. The maximum atomic E-state index is 12.4. The second kappa shape index (κ2) is 7.69. The molecule has 0 aliphatic rings. The van der Waals surface area contributed by atoms with E-state index in [1.54, 1.807) is 6.92 Å². The number of benzene rings is 1. The highest BCUT2D eigenvalue weighted by Gasteiger charge is 2.21. The van der Waals surface area contributed by atoms with Gasteiger partial charge < -0.3 is 4.74 Å². The lowest BCUT2D eigenvalue weighted by Crippen LogP contribution is -2.13. The first kappa shape index (κ1) is 19.0. The summed E-state index contributed by atoms with van der Waals surface area (Å²) < 4.78 is 32.2. The van der Waals surface area contributed by atoms with Crippen molar-refractivity contribution in [2.45, 2.75) is 31.6 Å². The van der Waals surface area contributed by atoms with E-state index in [9.17, 15) is 13.2 Å². The normalized spacial score (nSPS) is 11.3. The fourth-order valence-corrected chi connectivity index (χ4v) is 4.49. The van der Waals surface area contributed by atoms with Gasteiger partial charge in [0.05, 0.1) is 11.2 Å². The van der Waals surface area contributed by atoms with E-state index in [0.29, 0.717) is 17.0 Å². The molecule has 0 aliphatic carbocycles. The van der Waals surface area contributed by atoms with E-state index in [0.717, 1.165) is 11.3 Å². The molecule has 24 heavy (non-hydrogen) atoms. The zero-order valence-corrected chi connectivity index (χ0v) is 15.9. The van der Waals surface area contributed by atoms with Gasteiger partial charge in [-0.2, -0.15) is 0 Å². The third-order valence-corrected chi connectivity index (χ3v) is 6.01. The monoisotopic (exact) mass is 408 g/mol. The summed E-state index contributed by atoms with van der Waals surface area (Å²) in [5.41, 5.74) is 0.578. The Kier molecular flexibility index (Phi) is 6.08. The number of sulfonamides is 1. The van der Waals surface area contributed by atoms with Gasteiger partial charge in [-0.3, -0.25) is 9.52 Å². The molecule has 0 bridgehead atoms. The van der Waals surface area contributed by atoms with E-state index in [1.165, 1.54) is 18.3 Å². The summed E-state index contributed by atoms with van der Waals surface area (Å²) >= 11 is 12.8. The van der Waals surface area contributed by atoms with E-state index in [4.69, 9.17) is 27.9 Å². The smallest absolute Gasteiger partial charge is 0.312 e. The van der Waals surface area contributed by atoms with Crippen molar-refractivity contribution in [3.8, 4) is 5.06 Å². The molecule has 130 valence electrons. The minimum atomic E-state index is -3.94. The first-order valence-corrected chi connectivity index (χ1v) is 9.93. The van der Waals surface area contributed by atoms with Gasteiger partial charge in [-0.15, -0.1) is 0 Å². The quantitative estimate of drug-likeness (QED) is 0.721. The van der Waals surface area contributed by atoms with Crippen LogP contribution in [0, 0.1) is 6.92 Å². The Labute approximate surface area is 153 Å². The number of halogens is 2. The summed E-state index contributed by atoms with van der Waals surface area (Å²) in [5.74, 6) is -0.396. The fraction of sp³-hybridized carbons (Fsp3) is 0.286. The van der Waals surface area contributed by atoms with Crippen molar-refractivity contribution in [1.82, 2.24) is 4.98 Å². The molecule has 0 atom stereocenters. The van der Waals surface area contributed by atoms with Crippen molar-refractivity contribution in [3.05, 3.63) is 33.9 Å². The summed E-state index contributed by atoms with van der Waals surface area (Å²) in [5, 5.41) is 0.657. The lowest BCUT2D eigenvalue weighted by molar-refractivity contribution is -0.134. The predicted octanol–water partition coefficient (Wildman–Crippen LogP) is 4.26. The van der Waals surface area contributed by atoms with Crippen LogP contribution in [0.1, 0.15) is 25.3 Å². The Bertz CT molecular complexity index is 866. The van der Waals surface area contributed by atoms with Gasteiger partial charge in [0.1, 0.15) is 4.90 Å². The minimum Gasteiger partial charge on any atom is -0.414 e. The van der Waals surface area contributed by atoms with Crippen LogP contribution in [-0.4, -0.2) is 19.4 Å². The van der Waals surface area contributed by atoms with Gasteiger partial charge in [-0.25, -0.2) is 13.4 Å². The molecule has 6 nitrogen and oxygen atoms in total. The van der Waals surface area contributed by atoms with Crippen molar-refractivity contribution >= 4 is 55.7 Å². The van der Waals surface area contributed by atoms with E-state index in [1.807, 2.05) is 6.92 Å². The van der Waals surface area contributed by atoms with Gasteiger partial charge in [0.25, 0.3) is 10.0 Å². The zero-order valence-electron chi connectivity index (χ0n) is 12.8. The Morgan fingerprint density at radius 1 is 1.33 bits per heavy atom. The number of aromatic nitrogens is 1. The molecule has 0 radical (unpaired) electrons. The van der Waals surface area contributed by atoms with E-state index in [-0.39, 0.29) is 26.5 Å². The number of aryl methyl sites for hydroxylation is 1. The van der Waals surface area contributed by atoms with Crippen LogP contribution in [0.5, 0.6) is 5.06 Å². The first-order valence-electron chi connectivity index (χ1n) is 6.88. The van der Waals surface area contributed by atoms with Gasteiger partial charge >= 0.3 is 5.97 Å². The molecule has 2 aromatic rings. The summed E-state index contributed by atoms with van der Waals surface area (Å²) in [6.07, 6.45) is 2.22. The number of hydrogen-bond acceptors (Lipinski definition) is 6. The first-order chi connectivity index (χ1) is 11.2. The summed E-state index contributed by atoms with van der Waals surface area (Å²) in [4.78, 5) is 15.2. The van der Waals surface area contributed by atoms with Crippen LogP contribution in [0.2, 0.25) is 10.0 Å². The van der Waals surface area contributed by atoms with Crippen LogP contribution in [-0.2, 0) is 14.8 Å². The number of rotatable bonds is 6.